The molecule has 0 radical (unpaired) electrons. The monoisotopic (exact) mass is 284 g/mol. The first kappa shape index (κ1) is 15.0. The summed E-state index contributed by atoms with van der Waals surface area (Å²) in [7, 11) is 0. The van der Waals surface area contributed by atoms with Gasteiger partial charge in [0.15, 0.2) is 6.10 Å². The van der Waals surface area contributed by atoms with Crippen molar-refractivity contribution in [3.8, 4) is 5.75 Å². The number of benzene rings is 1. The van der Waals surface area contributed by atoms with Gasteiger partial charge >= 0.3 is 0 Å². The summed E-state index contributed by atoms with van der Waals surface area (Å²) >= 11 is 0. The molecule has 0 spiro atoms. The zero-order valence-electron chi connectivity index (χ0n) is 12.5. The van der Waals surface area contributed by atoms with Gasteiger partial charge in [-0.25, -0.2) is 0 Å². The van der Waals surface area contributed by atoms with E-state index in [-0.39, 0.29) is 11.9 Å². The number of pyridine rings is 1. The maximum atomic E-state index is 12.2. The molecule has 1 amide bonds. The van der Waals surface area contributed by atoms with E-state index in [1.807, 2.05) is 50.2 Å². The predicted molar refractivity (Wildman–Crippen MR) is 82.1 cm³/mol. The molecule has 0 bridgehead atoms. The SMILES string of the molecule is Cc1cccc(OC(C)C(=O)NC(C)c2cccnc2)c1. The van der Waals surface area contributed by atoms with Gasteiger partial charge in [0, 0.05) is 12.4 Å². The third-order valence-corrected chi connectivity index (χ3v) is 3.21. The number of nitrogens with zero attached hydrogens (tertiary/aromatic N) is 1. The number of nitrogens with one attached hydrogen (secondary N) is 1. The van der Waals surface area contributed by atoms with Crippen molar-refractivity contribution in [3.05, 3.63) is 59.9 Å². The van der Waals surface area contributed by atoms with Crippen molar-refractivity contribution in [2.45, 2.75) is 32.9 Å². The van der Waals surface area contributed by atoms with Crippen LogP contribution in [-0.2, 0) is 4.79 Å². The van der Waals surface area contributed by atoms with E-state index in [2.05, 4.69) is 10.3 Å². The molecule has 0 aliphatic heterocycles. The van der Waals surface area contributed by atoms with E-state index < -0.39 is 6.10 Å². The minimum absolute atomic E-state index is 0.102. The number of carbonyl (C=O) groups excluding carboxylic acids is 1. The van der Waals surface area contributed by atoms with E-state index >= 15 is 0 Å². The van der Waals surface area contributed by atoms with Crippen LogP contribution in [0.4, 0.5) is 0 Å². The Morgan fingerprint density at radius 3 is 2.71 bits per heavy atom. The summed E-state index contributed by atoms with van der Waals surface area (Å²) in [5, 5.41) is 2.93. The minimum atomic E-state index is -0.550. The lowest BCUT2D eigenvalue weighted by molar-refractivity contribution is -0.127. The van der Waals surface area contributed by atoms with Gasteiger partial charge in [-0.2, -0.15) is 0 Å². The van der Waals surface area contributed by atoms with Crippen LogP contribution in [0.15, 0.2) is 48.8 Å². The van der Waals surface area contributed by atoms with Gasteiger partial charge in [-0.05, 0) is 50.1 Å². The Morgan fingerprint density at radius 2 is 2.05 bits per heavy atom. The van der Waals surface area contributed by atoms with E-state index in [0.717, 1.165) is 11.1 Å². The van der Waals surface area contributed by atoms with Crippen molar-refractivity contribution >= 4 is 5.91 Å². The van der Waals surface area contributed by atoms with Crippen molar-refractivity contribution in [1.82, 2.24) is 10.3 Å². The molecule has 1 N–H and O–H groups in total. The number of aromatic nitrogens is 1. The third-order valence-electron chi connectivity index (χ3n) is 3.21. The molecule has 4 nitrogen and oxygen atoms in total. The van der Waals surface area contributed by atoms with Crippen LogP contribution in [0.1, 0.15) is 31.0 Å². The molecule has 0 aliphatic carbocycles. The second-order valence-electron chi connectivity index (χ2n) is 5.09. The molecule has 0 saturated heterocycles. The van der Waals surface area contributed by atoms with Crippen molar-refractivity contribution < 1.29 is 9.53 Å². The van der Waals surface area contributed by atoms with Gasteiger partial charge in [-0.3, -0.25) is 9.78 Å². The lowest BCUT2D eigenvalue weighted by Crippen LogP contribution is -2.37. The average Bonchev–Trinajstić information content (AvgIpc) is 2.48. The highest BCUT2D eigenvalue weighted by molar-refractivity contribution is 5.81. The highest BCUT2D eigenvalue weighted by Crippen LogP contribution is 2.15. The third kappa shape index (κ3) is 4.31. The van der Waals surface area contributed by atoms with Gasteiger partial charge in [-0.15, -0.1) is 0 Å². The highest BCUT2D eigenvalue weighted by atomic mass is 16.5. The molecule has 2 atom stereocenters. The number of amides is 1. The number of hydrogen-bond donors (Lipinski definition) is 1. The minimum Gasteiger partial charge on any atom is -0.481 e. The smallest absolute Gasteiger partial charge is 0.261 e. The van der Waals surface area contributed by atoms with Crippen LogP contribution in [0, 0.1) is 6.92 Å². The van der Waals surface area contributed by atoms with E-state index in [1.54, 1.807) is 19.3 Å². The number of hydrogen-bond acceptors (Lipinski definition) is 3. The first-order chi connectivity index (χ1) is 10.1. The van der Waals surface area contributed by atoms with Crippen LogP contribution >= 0.6 is 0 Å². The normalized spacial score (nSPS) is 13.3. The molecule has 1 aromatic carbocycles. The summed E-state index contributed by atoms with van der Waals surface area (Å²) in [5.41, 5.74) is 2.07. The van der Waals surface area contributed by atoms with Crippen LogP contribution < -0.4 is 10.1 Å². The van der Waals surface area contributed by atoms with Gasteiger partial charge < -0.3 is 10.1 Å². The van der Waals surface area contributed by atoms with Crippen LogP contribution in [0.5, 0.6) is 5.75 Å². The molecule has 2 unspecified atom stereocenters. The fourth-order valence-electron chi connectivity index (χ4n) is 1.99. The fourth-order valence-corrected chi connectivity index (χ4v) is 1.99. The van der Waals surface area contributed by atoms with Gasteiger partial charge in [0.2, 0.25) is 0 Å². The summed E-state index contributed by atoms with van der Waals surface area (Å²) in [6.07, 6.45) is 2.91. The average molecular weight is 284 g/mol. The standard InChI is InChI=1S/C17H20N2O2/c1-12-6-4-8-16(10-12)21-14(3)17(20)19-13(2)15-7-5-9-18-11-15/h4-11,13-14H,1-3H3,(H,19,20). The van der Waals surface area contributed by atoms with Crippen LogP contribution in [0.2, 0.25) is 0 Å². The molecule has 0 aliphatic rings. The molecule has 0 saturated carbocycles. The second-order valence-corrected chi connectivity index (χ2v) is 5.09. The summed E-state index contributed by atoms with van der Waals surface area (Å²) in [6.45, 7) is 5.66. The zero-order chi connectivity index (χ0) is 15.2. The number of rotatable bonds is 5. The molecule has 1 aromatic heterocycles. The van der Waals surface area contributed by atoms with Gasteiger partial charge in [0.25, 0.3) is 5.91 Å². The number of carbonyl (C=O) groups is 1. The lowest BCUT2D eigenvalue weighted by Gasteiger charge is -2.19. The van der Waals surface area contributed by atoms with Gasteiger partial charge in [0.05, 0.1) is 6.04 Å². The summed E-state index contributed by atoms with van der Waals surface area (Å²) < 4.78 is 5.67. The van der Waals surface area contributed by atoms with Crippen molar-refractivity contribution in [2.24, 2.45) is 0 Å². The molecule has 110 valence electrons. The Balaban J connectivity index is 1.94. The Morgan fingerprint density at radius 1 is 1.24 bits per heavy atom. The molecule has 1 heterocycles. The van der Waals surface area contributed by atoms with Crippen LogP contribution in [0.25, 0.3) is 0 Å². The van der Waals surface area contributed by atoms with E-state index in [1.165, 1.54) is 0 Å². The summed E-state index contributed by atoms with van der Waals surface area (Å²) in [5.74, 6) is 0.555. The van der Waals surface area contributed by atoms with E-state index in [0.29, 0.717) is 5.75 Å². The molecule has 2 aromatic rings. The quantitative estimate of drug-likeness (QED) is 0.918. The second kappa shape index (κ2) is 6.88. The topological polar surface area (TPSA) is 51.2 Å². The predicted octanol–water partition coefficient (Wildman–Crippen LogP) is 3.03. The van der Waals surface area contributed by atoms with Gasteiger partial charge in [0.1, 0.15) is 5.75 Å². The number of aryl methyl sites for hydroxylation is 1. The highest BCUT2D eigenvalue weighted by Gasteiger charge is 2.17. The maximum absolute atomic E-state index is 12.2. The van der Waals surface area contributed by atoms with Crippen molar-refractivity contribution in [1.29, 1.82) is 0 Å². The Labute approximate surface area is 125 Å². The maximum Gasteiger partial charge on any atom is 0.261 e. The Kier molecular flexibility index (Phi) is 4.93. The largest absolute Gasteiger partial charge is 0.481 e. The lowest BCUT2D eigenvalue weighted by atomic mass is 10.1. The molecule has 4 heteroatoms. The molecule has 2 rings (SSSR count). The first-order valence-corrected chi connectivity index (χ1v) is 7.00. The van der Waals surface area contributed by atoms with Crippen molar-refractivity contribution in [3.63, 3.8) is 0 Å². The van der Waals surface area contributed by atoms with E-state index in [9.17, 15) is 4.79 Å². The molecular formula is C17H20N2O2. The number of ether oxygens (including phenoxy) is 1. The molecule has 0 fully saturated rings. The first-order valence-electron chi connectivity index (χ1n) is 7.00. The summed E-state index contributed by atoms with van der Waals surface area (Å²) in [4.78, 5) is 16.2. The fraction of sp³-hybridized carbons (Fsp3) is 0.294. The van der Waals surface area contributed by atoms with Crippen molar-refractivity contribution in [2.75, 3.05) is 0 Å². The zero-order valence-corrected chi connectivity index (χ0v) is 12.5. The van der Waals surface area contributed by atoms with Crippen LogP contribution in [-0.4, -0.2) is 17.0 Å². The van der Waals surface area contributed by atoms with Crippen LogP contribution in [0.3, 0.4) is 0 Å². The molecule has 21 heavy (non-hydrogen) atoms. The Hall–Kier alpha value is -2.36. The summed E-state index contributed by atoms with van der Waals surface area (Å²) in [6, 6.07) is 11.3. The van der Waals surface area contributed by atoms with Gasteiger partial charge in [-0.1, -0.05) is 18.2 Å². The molecular weight excluding hydrogens is 264 g/mol. The van der Waals surface area contributed by atoms with E-state index in [4.69, 9.17) is 4.74 Å². The Bertz CT molecular complexity index is 599.